The molecule has 1 atom stereocenters. The Labute approximate surface area is 150 Å². The lowest BCUT2D eigenvalue weighted by Gasteiger charge is -2.37. The molecule has 2 aliphatic rings. The van der Waals surface area contributed by atoms with Crippen molar-refractivity contribution in [1.82, 2.24) is 9.80 Å². The zero-order valence-corrected chi connectivity index (χ0v) is 14.7. The van der Waals surface area contributed by atoms with E-state index in [4.69, 9.17) is 0 Å². The Hall–Kier alpha value is -0.680. The quantitative estimate of drug-likeness (QED) is 0.511. The van der Waals surface area contributed by atoms with E-state index >= 15 is 0 Å². The molecule has 0 amide bonds. The summed E-state index contributed by atoms with van der Waals surface area (Å²) in [5.41, 5.74) is 0.622. The zero-order chi connectivity index (χ0) is 14.7. The summed E-state index contributed by atoms with van der Waals surface area (Å²) < 4.78 is 12.8. The van der Waals surface area contributed by atoms with Gasteiger partial charge in [-0.05, 0) is 56.6 Å². The van der Waals surface area contributed by atoms with Crippen LogP contribution in [0.5, 0.6) is 0 Å². The molecule has 1 unspecified atom stereocenters. The largest absolute Gasteiger partial charge is 1.00 e. The third-order valence-corrected chi connectivity index (χ3v) is 4.72. The smallest absolute Gasteiger partial charge is 0.162 e. The summed E-state index contributed by atoms with van der Waals surface area (Å²) in [5.74, 6) is -0.171. The Morgan fingerprint density at radius 2 is 1.87 bits per heavy atom. The molecule has 6 heteroatoms. The minimum absolute atomic E-state index is 0. The summed E-state index contributed by atoms with van der Waals surface area (Å²) in [6, 6.07) is 6.61. The molecular formula is C17H23Cl2FN2O-2. The fraction of sp³-hybridized carbons (Fsp3) is 0.588. The van der Waals surface area contributed by atoms with Crippen LogP contribution in [-0.4, -0.2) is 54.3 Å². The molecule has 0 bridgehead atoms. The van der Waals surface area contributed by atoms with E-state index in [-0.39, 0.29) is 36.4 Å². The fourth-order valence-corrected chi connectivity index (χ4v) is 3.50. The summed E-state index contributed by atoms with van der Waals surface area (Å²) in [6.07, 6.45) is 4.10. The van der Waals surface area contributed by atoms with E-state index in [0.717, 1.165) is 32.1 Å². The molecule has 3 rings (SSSR count). The Balaban J connectivity index is 0.00000132. The molecule has 0 aromatic heterocycles. The molecule has 0 aliphatic carbocycles. The number of rotatable bonds is 5. The number of hydrogen-bond acceptors (Lipinski definition) is 3. The number of nitrogens with zero attached hydrogens (tertiary/aromatic N) is 2. The van der Waals surface area contributed by atoms with E-state index in [0.29, 0.717) is 12.0 Å². The molecule has 2 heterocycles. The number of ketones is 1. The number of benzene rings is 1. The van der Waals surface area contributed by atoms with Crippen molar-refractivity contribution in [2.45, 2.75) is 31.7 Å². The molecule has 0 spiro atoms. The van der Waals surface area contributed by atoms with Gasteiger partial charge in [0.15, 0.2) is 5.78 Å². The van der Waals surface area contributed by atoms with Gasteiger partial charge in [-0.3, -0.25) is 9.69 Å². The lowest BCUT2D eigenvalue weighted by atomic mass is 10.1. The van der Waals surface area contributed by atoms with Crippen LogP contribution in [0.2, 0.25) is 0 Å². The summed E-state index contributed by atoms with van der Waals surface area (Å²) in [7, 11) is 0. The SMILES string of the molecule is O=C(CCCN1CCN2CCCC2C1)c1ccc(F)cc1.[Cl-].[Cl-]. The predicted molar refractivity (Wildman–Crippen MR) is 81.0 cm³/mol. The second-order valence-electron chi connectivity index (χ2n) is 6.17. The van der Waals surface area contributed by atoms with E-state index in [1.165, 1.54) is 38.1 Å². The average molecular weight is 361 g/mol. The molecule has 0 saturated carbocycles. The van der Waals surface area contributed by atoms with Crippen LogP contribution in [0.1, 0.15) is 36.0 Å². The van der Waals surface area contributed by atoms with Crippen LogP contribution in [0.25, 0.3) is 0 Å². The van der Waals surface area contributed by atoms with E-state index in [1.807, 2.05) is 0 Å². The topological polar surface area (TPSA) is 23.6 Å². The standard InChI is InChI=1S/C17H23FN2O.2ClH/c18-15-7-5-14(6-8-15)17(21)4-2-9-19-11-12-20-10-1-3-16(20)13-19;;/h5-8,16H,1-4,9-13H2;2*1H/p-2. The molecule has 0 N–H and O–H groups in total. The molecule has 23 heavy (non-hydrogen) atoms. The van der Waals surface area contributed by atoms with Crippen molar-refractivity contribution in [3.8, 4) is 0 Å². The van der Waals surface area contributed by atoms with Gasteiger partial charge in [-0.1, -0.05) is 0 Å². The number of fused-ring (bicyclic) bond motifs is 1. The molecule has 1 aromatic rings. The second-order valence-corrected chi connectivity index (χ2v) is 6.17. The van der Waals surface area contributed by atoms with Crippen LogP contribution >= 0.6 is 0 Å². The maximum absolute atomic E-state index is 12.8. The van der Waals surface area contributed by atoms with Crippen molar-refractivity contribution < 1.29 is 34.0 Å². The molecule has 2 fully saturated rings. The van der Waals surface area contributed by atoms with Crippen LogP contribution < -0.4 is 24.8 Å². The van der Waals surface area contributed by atoms with E-state index in [9.17, 15) is 9.18 Å². The molecule has 3 nitrogen and oxygen atoms in total. The number of piperazine rings is 1. The maximum atomic E-state index is 12.8. The van der Waals surface area contributed by atoms with E-state index < -0.39 is 0 Å². The Bertz CT molecular complexity index is 498. The highest BCUT2D eigenvalue weighted by atomic mass is 35.5. The normalized spacial score (nSPS) is 21.2. The van der Waals surface area contributed by atoms with Gasteiger partial charge in [0.05, 0.1) is 0 Å². The molecule has 1 aromatic carbocycles. The van der Waals surface area contributed by atoms with Crippen LogP contribution in [-0.2, 0) is 0 Å². The first-order valence-electron chi connectivity index (χ1n) is 7.97. The van der Waals surface area contributed by atoms with Crippen molar-refractivity contribution >= 4 is 5.78 Å². The molecule has 2 saturated heterocycles. The van der Waals surface area contributed by atoms with Crippen LogP contribution in [0.3, 0.4) is 0 Å². The van der Waals surface area contributed by atoms with Gasteiger partial charge in [0.1, 0.15) is 5.82 Å². The van der Waals surface area contributed by atoms with Gasteiger partial charge < -0.3 is 29.7 Å². The highest BCUT2D eigenvalue weighted by Crippen LogP contribution is 2.21. The second kappa shape index (κ2) is 9.58. The van der Waals surface area contributed by atoms with Crippen molar-refractivity contribution in [3.63, 3.8) is 0 Å². The van der Waals surface area contributed by atoms with Gasteiger partial charge in [0.2, 0.25) is 0 Å². The van der Waals surface area contributed by atoms with Gasteiger partial charge in [-0.2, -0.15) is 0 Å². The minimum atomic E-state index is -0.291. The predicted octanol–water partition coefficient (Wildman–Crippen LogP) is -3.42. The van der Waals surface area contributed by atoms with Gasteiger partial charge >= 0.3 is 0 Å². The third kappa shape index (κ3) is 5.42. The van der Waals surface area contributed by atoms with Crippen LogP contribution in [0.4, 0.5) is 4.39 Å². The van der Waals surface area contributed by atoms with Crippen molar-refractivity contribution in [1.29, 1.82) is 0 Å². The monoisotopic (exact) mass is 360 g/mol. The number of hydrogen-bond donors (Lipinski definition) is 0. The highest BCUT2D eigenvalue weighted by molar-refractivity contribution is 5.95. The highest BCUT2D eigenvalue weighted by Gasteiger charge is 2.30. The lowest BCUT2D eigenvalue weighted by Crippen LogP contribution is -3.00. The zero-order valence-electron chi connectivity index (χ0n) is 13.2. The molecular weight excluding hydrogens is 338 g/mol. The van der Waals surface area contributed by atoms with Gasteiger partial charge in [0.25, 0.3) is 0 Å². The third-order valence-electron chi connectivity index (χ3n) is 4.72. The van der Waals surface area contributed by atoms with Crippen LogP contribution in [0.15, 0.2) is 24.3 Å². The maximum Gasteiger partial charge on any atom is 0.162 e. The molecule has 0 radical (unpaired) electrons. The van der Waals surface area contributed by atoms with Crippen molar-refractivity contribution in [2.75, 3.05) is 32.7 Å². The first-order chi connectivity index (χ1) is 10.2. The van der Waals surface area contributed by atoms with Crippen LogP contribution in [0, 0.1) is 5.82 Å². The summed E-state index contributed by atoms with van der Waals surface area (Å²) in [4.78, 5) is 17.1. The van der Waals surface area contributed by atoms with Crippen molar-refractivity contribution in [3.05, 3.63) is 35.6 Å². The molecule has 2 aliphatic heterocycles. The summed E-state index contributed by atoms with van der Waals surface area (Å²) in [5, 5.41) is 0. The molecule has 130 valence electrons. The number of carbonyl (C=O) groups is 1. The van der Waals surface area contributed by atoms with Gasteiger partial charge in [0, 0.05) is 37.7 Å². The van der Waals surface area contributed by atoms with E-state index in [1.54, 1.807) is 12.1 Å². The first-order valence-corrected chi connectivity index (χ1v) is 7.97. The number of Topliss-reactive ketones (excluding diaryl/α,β-unsaturated/α-hetero) is 1. The van der Waals surface area contributed by atoms with E-state index in [2.05, 4.69) is 9.80 Å². The number of carbonyl (C=O) groups excluding carboxylic acids is 1. The average Bonchev–Trinajstić information content (AvgIpc) is 2.95. The van der Waals surface area contributed by atoms with Gasteiger partial charge in [-0.25, -0.2) is 4.39 Å². The Kier molecular flexibility index (Phi) is 8.48. The lowest BCUT2D eigenvalue weighted by molar-refractivity contribution is -0.00100. The first kappa shape index (κ1) is 20.4. The fourth-order valence-electron chi connectivity index (χ4n) is 3.50. The minimum Gasteiger partial charge on any atom is -1.00 e. The number of halogens is 3. The summed E-state index contributed by atoms with van der Waals surface area (Å²) in [6.45, 7) is 5.72. The van der Waals surface area contributed by atoms with Crippen molar-refractivity contribution in [2.24, 2.45) is 0 Å². The Morgan fingerprint density at radius 1 is 1.13 bits per heavy atom. The summed E-state index contributed by atoms with van der Waals surface area (Å²) >= 11 is 0. The Morgan fingerprint density at radius 3 is 2.61 bits per heavy atom. The van der Waals surface area contributed by atoms with Gasteiger partial charge in [-0.15, -0.1) is 0 Å².